The van der Waals surface area contributed by atoms with E-state index in [0.29, 0.717) is 31.4 Å². The van der Waals surface area contributed by atoms with E-state index >= 15 is 0 Å². The van der Waals surface area contributed by atoms with Crippen molar-refractivity contribution in [2.45, 2.75) is 65.2 Å². The number of thiophene rings is 1. The molecular formula is C24H31F3N8OS. The van der Waals surface area contributed by atoms with Gasteiger partial charge in [0.25, 0.3) is 0 Å². The van der Waals surface area contributed by atoms with Crippen LogP contribution >= 0.6 is 11.3 Å². The van der Waals surface area contributed by atoms with Crippen molar-refractivity contribution in [3.8, 4) is 0 Å². The number of nitrogens with zero attached hydrogens (tertiary/aromatic N) is 7. The first-order valence-corrected chi connectivity index (χ1v) is 13.6. The van der Waals surface area contributed by atoms with E-state index in [2.05, 4.69) is 33.4 Å². The first-order valence-electron chi connectivity index (χ1n) is 12.8. The van der Waals surface area contributed by atoms with Crippen LogP contribution in [0.5, 0.6) is 0 Å². The average Bonchev–Trinajstić information content (AvgIpc) is 3.59. The first kappa shape index (κ1) is 25.7. The fraction of sp³-hybridized carbons (Fsp3) is 0.625. The monoisotopic (exact) mass is 536 g/mol. The molecule has 2 aliphatic rings. The van der Waals surface area contributed by atoms with Crippen LogP contribution in [0.4, 0.5) is 24.9 Å². The van der Waals surface area contributed by atoms with Gasteiger partial charge in [0.05, 0.1) is 11.9 Å². The Hall–Kier alpha value is -2.96. The summed E-state index contributed by atoms with van der Waals surface area (Å²) in [6, 6.07) is 2.11. The Morgan fingerprint density at radius 1 is 1.14 bits per heavy atom. The Kier molecular flexibility index (Phi) is 7.24. The maximum absolute atomic E-state index is 13.3. The van der Waals surface area contributed by atoms with E-state index in [4.69, 9.17) is 9.97 Å². The number of aryl methyl sites for hydroxylation is 1. The van der Waals surface area contributed by atoms with E-state index < -0.39 is 12.0 Å². The number of aromatic nitrogens is 5. The highest BCUT2D eigenvalue weighted by molar-refractivity contribution is 7.18. The summed E-state index contributed by atoms with van der Waals surface area (Å²) in [5, 5.41) is 11.2. The molecule has 0 unspecified atom stereocenters. The van der Waals surface area contributed by atoms with Gasteiger partial charge in [0.15, 0.2) is 5.82 Å². The number of carbonyl (C=O) groups excluding carboxylic acids is 1. The zero-order valence-electron chi connectivity index (χ0n) is 21.0. The molecule has 200 valence electrons. The van der Waals surface area contributed by atoms with Crippen LogP contribution in [0.2, 0.25) is 0 Å². The van der Waals surface area contributed by atoms with Crippen LogP contribution in [0.1, 0.15) is 56.1 Å². The van der Waals surface area contributed by atoms with Gasteiger partial charge in [-0.1, -0.05) is 20.3 Å². The zero-order chi connectivity index (χ0) is 26.2. The van der Waals surface area contributed by atoms with Crippen molar-refractivity contribution in [2.75, 3.05) is 36.0 Å². The van der Waals surface area contributed by atoms with Crippen molar-refractivity contribution < 1.29 is 18.0 Å². The van der Waals surface area contributed by atoms with E-state index in [0.717, 1.165) is 59.4 Å². The lowest BCUT2D eigenvalue weighted by Crippen LogP contribution is -2.36. The van der Waals surface area contributed by atoms with Gasteiger partial charge in [-0.15, -0.1) is 21.5 Å². The number of alkyl halides is 3. The van der Waals surface area contributed by atoms with Crippen molar-refractivity contribution in [3.05, 3.63) is 22.6 Å². The van der Waals surface area contributed by atoms with Gasteiger partial charge in [-0.05, 0) is 31.2 Å². The number of carbonyl (C=O) groups is 1. The van der Waals surface area contributed by atoms with Gasteiger partial charge in [-0.2, -0.15) is 18.2 Å². The van der Waals surface area contributed by atoms with Crippen LogP contribution in [0.3, 0.4) is 0 Å². The van der Waals surface area contributed by atoms with Crippen LogP contribution in [-0.2, 0) is 30.5 Å². The summed E-state index contributed by atoms with van der Waals surface area (Å²) < 4.78 is 41.1. The Morgan fingerprint density at radius 3 is 2.73 bits per heavy atom. The highest BCUT2D eigenvalue weighted by Gasteiger charge is 2.40. The second-order valence-electron chi connectivity index (χ2n) is 9.69. The minimum Gasteiger partial charge on any atom is -0.356 e. The Morgan fingerprint density at radius 2 is 1.97 bits per heavy atom. The van der Waals surface area contributed by atoms with Crippen molar-refractivity contribution >= 4 is 39.2 Å². The van der Waals surface area contributed by atoms with Gasteiger partial charge in [-0.25, -0.2) is 4.98 Å². The second kappa shape index (κ2) is 10.4. The molecule has 1 atom stereocenters. The SMILES string of the molecule is CCCC(=O)NC[C@@H]1CCN(c2nc(N3CCn4c(nnc4C(F)(F)F)C3)c3cc(CCC)sc3n2)C1. The number of hydrogen-bond acceptors (Lipinski definition) is 8. The molecule has 0 saturated carbocycles. The summed E-state index contributed by atoms with van der Waals surface area (Å²) in [4.78, 5) is 28.0. The van der Waals surface area contributed by atoms with E-state index in [9.17, 15) is 18.0 Å². The molecule has 0 spiro atoms. The number of anilines is 2. The molecule has 9 nitrogen and oxygen atoms in total. The molecule has 0 radical (unpaired) electrons. The number of halogens is 3. The van der Waals surface area contributed by atoms with Crippen LogP contribution < -0.4 is 15.1 Å². The van der Waals surface area contributed by atoms with Crippen LogP contribution in [-0.4, -0.2) is 56.8 Å². The fourth-order valence-electron chi connectivity index (χ4n) is 5.00. The molecule has 1 N–H and O–H groups in total. The predicted octanol–water partition coefficient (Wildman–Crippen LogP) is 4.02. The molecule has 2 aliphatic heterocycles. The molecule has 1 fully saturated rings. The molecule has 1 amide bonds. The summed E-state index contributed by atoms with van der Waals surface area (Å²) in [5.74, 6) is 1.07. The van der Waals surface area contributed by atoms with Gasteiger partial charge in [0.1, 0.15) is 10.6 Å². The first-order chi connectivity index (χ1) is 17.8. The van der Waals surface area contributed by atoms with Crippen LogP contribution in [0.15, 0.2) is 6.07 Å². The minimum atomic E-state index is -4.53. The van der Waals surface area contributed by atoms with Crippen molar-refractivity contribution in [1.29, 1.82) is 0 Å². The van der Waals surface area contributed by atoms with E-state index in [-0.39, 0.29) is 24.8 Å². The molecule has 3 aromatic rings. The smallest absolute Gasteiger partial charge is 0.356 e. The zero-order valence-corrected chi connectivity index (χ0v) is 21.8. The van der Waals surface area contributed by atoms with Crippen molar-refractivity contribution in [3.63, 3.8) is 0 Å². The van der Waals surface area contributed by atoms with Crippen LogP contribution in [0, 0.1) is 5.92 Å². The standard InChI is InChI=1S/C24H31F3N8OS/c1-3-5-16-11-17-20(33-9-10-35-18(14-33)31-32-22(35)24(25,26)27)29-23(30-21(17)37-16)34-8-7-15(13-34)12-28-19(36)6-4-2/h11,15H,3-10,12-14H2,1-2H3,(H,28,36)/t15-/m0/s1. The molecule has 3 aromatic heterocycles. The third-order valence-electron chi connectivity index (χ3n) is 6.85. The van der Waals surface area contributed by atoms with E-state index in [1.807, 2.05) is 11.8 Å². The van der Waals surface area contributed by atoms with E-state index in [1.54, 1.807) is 11.3 Å². The van der Waals surface area contributed by atoms with Crippen molar-refractivity contribution in [1.82, 2.24) is 30.0 Å². The Balaban J connectivity index is 1.41. The van der Waals surface area contributed by atoms with Gasteiger partial charge >= 0.3 is 6.18 Å². The fourth-order valence-corrected chi connectivity index (χ4v) is 6.12. The number of fused-ring (bicyclic) bond motifs is 2. The summed E-state index contributed by atoms with van der Waals surface area (Å²) in [7, 11) is 0. The van der Waals surface area contributed by atoms with Crippen LogP contribution in [0.25, 0.3) is 10.2 Å². The third kappa shape index (κ3) is 5.36. The lowest BCUT2D eigenvalue weighted by molar-refractivity contribution is -0.147. The lowest BCUT2D eigenvalue weighted by Gasteiger charge is -2.30. The van der Waals surface area contributed by atoms with Gasteiger partial charge < -0.3 is 19.7 Å². The highest BCUT2D eigenvalue weighted by atomic mass is 32.1. The number of nitrogens with one attached hydrogen (secondary N) is 1. The summed E-state index contributed by atoms with van der Waals surface area (Å²) in [6.45, 7) is 6.97. The summed E-state index contributed by atoms with van der Waals surface area (Å²) in [6.07, 6.45) is -0.305. The van der Waals surface area contributed by atoms with Gasteiger partial charge in [0, 0.05) is 44.0 Å². The highest BCUT2D eigenvalue weighted by Crippen LogP contribution is 2.36. The largest absolute Gasteiger partial charge is 0.451 e. The second-order valence-corrected chi connectivity index (χ2v) is 10.8. The van der Waals surface area contributed by atoms with E-state index in [1.165, 1.54) is 4.88 Å². The molecule has 0 bridgehead atoms. The number of hydrogen-bond donors (Lipinski definition) is 1. The summed E-state index contributed by atoms with van der Waals surface area (Å²) >= 11 is 1.64. The molecule has 37 heavy (non-hydrogen) atoms. The molecule has 0 aromatic carbocycles. The molecule has 13 heteroatoms. The molecule has 5 heterocycles. The lowest BCUT2D eigenvalue weighted by atomic mass is 10.1. The normalized spacial score (nSPS) is 18.0. The number of amides is 1. The predicted molar refractivity (Wildman–Crippen MR) is 136 cm³/mol. The number of rotatable bonds is 8. The molecular weight excluding hydrogens is 505 g/mol. The average molecular weight is 537 g/mol. The Bertz CT molecular complexity index is 1270. The summed E-state index contributed by atoms with van der Waals surface area (Å²) in [5.41, 5.74) is 0. The van der Waals surface area contributed by atoms with Gasteiger partial charge in [0.2, 0.25) is 17.7 Å². The van der Waals surface area contributed by atoms with Gasteiger partial charge in [-0.3, -0.25) is 4.79 Å². The maximum atomic E-state index is 13.3. The maximum Gasteiger partial charge on any atom is 0.451 e. The quantitative estimate of drug-likeness (QED) is 0.465. The Labute approximate surface area is 217 Å². The molecule has 1 saturated heterocycles. The molecule has 5 rings (SSSR count). The minimum absolute atomic E-state index is 0.0783. The van der Waals surface area contributed by atoms with Crippen molar-refractivity contribution in [2.24, 2.45) is 5.92 Å². The molecule has 0 aliphatic carbocycles. The third-order valence-corrected chi connectivity index (χ3v) is 7.94. The topological polar surface area (TPSA) is 92.1 Å².